The number of aryl methyl sites for hydroxylation is 2. The second-order valence-electron chi connectivity index (χ2n) is 4.88. The number of hydrogen-bond donors (Lipinski definition) is 2. The third-order valence-corrected chi connectivity index (χ3v) is 3.25. The number of hydrogen-bond acceptors (Lipinski definition) is 4. The summed E-state index contributed by atoms with van der Waals surface area (Å²) in [5.74, 6) is 0.515. The second kappa shape index (κ2) is 7.61. The van der Waals surface area contributed by atoms with Gasteiger partial charge in [-0.3, -0.25) is 9.48 Å². The van der Waals surface area contributed by atoms with Crippen LogP contribution in [-0.2, 0) is 20.0 Å². The zero-order valence-corrected chi connectivity index (χ0v) is 12.9. The third-order valence-electron chi connectivity index (χ3n) is 3.25. The van der Waals surface area contributed by atoms with Crippen LogP contribution in [0.3, 0.4) is 0 Å². The molecule has 6 nitrogen and oxygen atoms in total. The largest absolute Gasteiger partial charge is 0.491 e. The van der Waals surface area contributed by atoms with E-state index in [-0.39, 0.29) is 19.1 Å². The van der Waals surface area contributed by atoms with E-state index in [0.717, 1.165) is 11.3 Å². The van der Waals surface area contributed by atoms with Gasteiger partial charge in [-0.2, -0.15) is 5.10 Å². The predicted molar refractivity (Wildman–Crippen MR) is 82.8 cm³/mol. The van der Waals surface area contributed by atoms with Gasteiger partial charge in [0.15, 0.2) is 0 Å². The molecule has 0 aliphatic carbocycles. The van der Waals surface area contributed by atoms with Gasteiger partial charge in [0, 0.05) is 25.4 Å². The molecule has 1 amide bonds. The number of carbonyl (C=O) groups excluding carboxylic acids is 1. The molecule has 6 heteroatoms. The lowest BCUT2D eigenvalue weighted by atomic mass is 10.1. The van der Waals surface area contributed by atoms with Crippen molar-refractivity contribution >= 4 is 5.91 Å². The van der Waals surface area contributed by atoms with Gasteiger partial charge in [0.1, 0.15) is 12.4 Å². The molecule has 1 heterocycles. The summed E-state index contributed by atoms with van der Waals surface area (Å²) in [5, 5.41) is 16.0. The Hall–Kier alpha value is -2.34. The van der Waals surface area contributed by atoms with Crippen LogP contribution in [0, 0.1) is 0 Å². The van der Waals surface area contributed by atoms with Crippen molar-refractivity contribution in [1.82, 2.24) is 15.1 Å². The lowest BCUT2D eigenvalue weighted by molar-refractivity contribution is 0.0949. The van der Waals surface area contributed by atoms with E-state index in [1.165, 1.54) is 0 Å². The molecule has 0 radical (unpaired) electrons. The van der Waals surface area contributed by atoms with E-state index in [4.69, 9.17) is 9.84 Å². The molecule has 0 bridgehead atoms. The number of amides is 1. The van der Waals surface area contributed by atoms with Crippen molar-refractivity contribution in [3.63, 3.8) is 0 Å². The van der Waals surface area contributed by atoms with Crippen LogP contribution < -0.4 is 10.1 Å². The van der Waals surface area contributed by atoms with Crippen molar-refractivity contribution in [2.45, 2.75) is 19.9 Å². The van der Waals surface area contributed by atoms with E-state index in [1.54, 1.807) is 17.9 Å². The average Bonchev–Trinajstić information content (AvgIpc) is 2.92. The smallest absolute Gasteiger partial charge is 0.255 e. The van der Waals surface area contributed by atoms with E-state index in [1.807, 2.05) is 31.2 Å². The molecule has 0 fully saturated rings. The summed E-state index contributed by atoms with van der Waals surface area (Å²) in [6.45, 7) is 2.51. The van der Waals surface area contributed by atoms with Crippen LogP contribution in [0.15, 0.2) is 30.5 Å². The van der Waals surface area contributed by atoms with E-state index in [0.29, 0.717) is 24.3 Å². The van der Waals surface area contributed by atoms with E-state index in [9.17, 15) is 4.79 Å². The number of aromatic nitrogens is 2. The monoisotopic (exact) mass is 303 g/mol. The normalized spacial score (nSPS) is 10.5. The van der Waals surface area contributed by atoms with E-state index in [2.05, 4.69) is 10.4 Å². The van der Waals surface area contributed by atoms with Crippen LogP contribution in [0.25, 0.3) is 0 Å². The fraction of sp³-hybridized carbons (Fsp3) is 0.375. The molecule has 2 aromatic rings. The number of carbonyl (C=O) groups is 1. The van der Waals surface area contributed by atoms with Crippen LogP contribution in [0.4, 0.5) is 0 Å². The molecule has 0 atom stereocenters. The van der Waals surface area contributed by atoms with Crippen molar-refractivity contribution in [3.05, 3.63) is 47.3 Å². The summed E-state index contributed by atoms with van der Waals surface area (Å²) in [5.41, 5.74) is 2.25. The average molecular weight is 303 g/mol. The zero-order chi connectivity index (χ0) is 15.9. The SMILES string of the molecule is CCc1nn(C)cc1C(=O)NCc1ccccc1OCCO. The van der Waals surface area contributed by atoms with Gasteiger partial charge in [-0.15, -0.1) is 0 Å². The highest BCUT2D eigenvalue weighted by molar-refractivity contribution is 5.95. The fourth-order valence-corrected chi connectivity index (χ4v) is 2.20. The van der Waals surface area contributed by atoms with E-state index < -0.39 is 0 Å². The van der Waals surface area contributed by atoms with Crippen molar-refractivity contribution < 1.29 is 14.6 Å². The van der Waals surface area contributed by atoms with Gasteiger partial charge in [0.25, 0.3) is 5.91 Å². The summed E-state index contributed by atoms with van der Waals surface area (Å²) in [6.07, 6.45) is 2.43. The standard InChI is InChI=1S/C16H21N3O3/c1-3-14-13(11-19(2)18-14)16(21)17-10-12-6-4-5-7-15(12)22-9-8-20/h4-7,11,20H,3,8-10H2,1-2H3,(H,17,21). The molecular weight excluding hydrogens is 282 g/mol. The Bertz CT molecular complexity index is 637. The molecule has 0 aliphatic heterocycles. The van der Waals surface area contributed by atoms with Crippen LogP contribution in [0.2, 0.25) is 0 Å². The molecule has 2 N–H and O–H groups in total. The Balaban J connectivity index is 2.05. The summed E-state index contributed by atoms with van der Waals surface area (Å²) >= 11 is 0. The zero-order valence-electron chi connectivity index (χ0n) is 12.9. The highest BCUT2D eigenvalue weighted by atomic mass is 16.5. The molecule has 22 heavy (non-hydrogen) atoms. The number of nitrogens with one attached hydrogen (secondary N) is 1. The molecule has 0 saturated carbocycles. The molecule has 118 valence electrons. The maximum absolute atomic E-state index is 12.3. The minimum Gasteiger partial charge on any atom is -0.491 e. The first kappa shape index (κ1) is 16.0. The molecular formula is C16H21N3O3. The van der Waals surface area contributed by atoms with Crippen molar-refractivity contribution in [2.75, 3.05) is 13.2 Å². The van der Waals surface area contributed by atoms with Gasteiger partial charge in [0.2, 0.25) is 0 Å². The molecule has 2 rings (SSSR count). The first-order valence-corrected chi connectivity index (χ1v) is 7.28. The number of aliphatic hydroxyl groups is 1. The van der Waals surface area contributed by atoms with Gasteiger partial charge in [-0.25, -0.2) is 0 Å². The highest BCUT2D eigenvalue weighted by Gasteiger charge is 2.14. The second-order valence-corrected chi connectivity index (χ2v) is 4.88. The molecule has 0 saturated heterocycles. The maximum atomic E-state index is 12.3. The van der Waals surface area contributed by atoms with Crippen molar-refractivity contribution in [2.24, 2.45) is 7.05 Å². The number of rotatable bonds is 7. The van der Waals surface area contributed by atoms with Crippen LogP contribution in [0.5, 0.6) is 5.75 Å². The Morgan fingerprint density at radius 2 is 2.18 bits per heavy atom. The number of nitrogens with zero attached hydrogens (tertiary/aromatic N) is 2. The highest BCUT2D eigenvalue weighted by Crippen LogP contribution is 2.18. The van der Waals surface area contributed by atoms with Gasteiger partial charge in [-0.1, -0.05) is 25.1 Å². The first-order valence-electron chi connectivity index (χ1n) is 7.28. The summed E-state index contributed by atoms with van der Waals surface area (Å²) in [7, 11) is 1.80. The minimum absolute atomic E-state index is 0.0454. The minimum atomic E-state index is -0.151. The maximum Gasteiger partial charge on any atom is 0.255 e. The lowest BCUT2D eigenvalue weighted by Crippen LogP contribution is -2.23. The van der Waals surface area contributed by atoms with Gasteiger partial charge in [-0.05, 0) is 12.5 Å². The molecule has 1 aromatic heterocycles. The number of ether oxygens (including phenoxy) is 1. The topological polar surface area (TPSA) is 76.4 Å². The molecule has 0 spiro atoms. The molecule has 0 unspecified atom stereocenters. The molecule has 0 aliphatic rings. The van der Waals surface area contributed by atoms with Crippen LogP contribution in [0.1, 0.15) is 28.5 Å². The van der Waals surface area contributed by atoms with Gasteiger partial charge < -0.3 is 15.2 Å². The third kappa shape index (κ3) is 3.85. The first-order chi connectivity index (χ1) is 10.7. The van der Waals surface area contributed by atoms with Crippen LogP contribution >= 0.6 is 0 Å². The lowest BCUT2D eigenvalue weighted by Gasteiger charge is -2.11. The quantitative estimate of drug-likeness (QED) is 0.808. The predicted octanol–water partition coefficient (Wildman–Crippen LogP) is 1.28. The van der Waals surface area contributed by atoms with E-state index >= 15 is 0 Å². The molecule has 1 aromatic carbocycles. The number of para-hydroxylation sites is 1. The van der Waals surface area contributed by atoms with Crippen molar-refractivity contribution in [3.8, 4) is 5.75 Å². The van der Waals surface area contributed by atoms with Gasteiger partial charge >= 0.3 is 0 Å². The Kier molecular flexibility index (Phi) is 5.55. The van der Waals surface area contributed by atoms with Crippen molar-refractivity contribution in [1.29, 1.82) is 0 Å². The Morgan fingerprint density at radius 1 is 1.41 bits per heavy atom. The summed E-state index contributed by atoms with van der Waals surface area (Å²) < 4.78 is 7.10. The Morgan fingerprint density at radius 3 is 2.91 bits per heavy atom. The Labute approximate surface area is 129 Å². The summed E-state index contributed by atoms with van der Waals surface area (Å²) in [4.78, 5) is 12.3. The van der Waals surface area contributed by atoms with Gasteiger partial charge in [0.05, 0.1) is 17.9 Å². The number of benzene rings is 1. The number of aliphatic hydroxyl groups excluding tert-OH is 1. The summed E-state index contributed by atoms with van der Waals surface area (Å²) in [6, 6.07) is 7.44. The fourth-order valence-electron chi connectivity index (χ4n) is 2.20. The van der Waals surface area contributed by atoms with Crippen LogP contribution in [-0.4, -0.2) is 34.0 Å².